The van der Waals surface area contributed by atoms with E-state index in [-0.39, 0.29) is 18.0 Å². The van der Waals surface area contributed by atoms with E-state index in [2.05, 4.69) is 30.0 Å². The molecule has 1 fully saturated rings. The largest absolute Gasteiger partial charge is 0.462 e. The summed E-state index contributed by atoms with van der Waals surface area (Å²) in [6, 6.07) is 10.2. The molecule has 0 aromatic heterocycles. The first-order chi connectivity index (χ1) is 10.8. The lowest BCUT2D eigenvalue weighted by Crippen LogP contribution is -2.39. The maximum Gasteiger partial charge on any atom is 0.315 e. The van der Waals surface area contributed by atoms with E-state index in [9.17, 15) is 4.79 Å². The van der Waals surface area contributed by atoms with Gasteiger partial charge < -0.3 is 4.74 Å². The zero-order valence-corrected chi connectivity index (χ0v) is 13.3. The summed E-state index contributed by atoms with van der Waals surface area (Å²) >= 11 is 0. The summed E-state index contributed by atoms with van der Waals surface area (Å²) < 4.78 is 5.79. The topological polar surface area (TPSA) is 29.5 Å². The molecule has 3 heteroatoms. The number of ether oxygens (including phenoxy) is 1. The van der Waals surface area contributed by atoms with Gasteiger partial charge in [0.05, 0.1) is 5.92 Å². The van der Waals surface area contributed by atoms with Gasteiger partial charge in [0, 0.05) is 13.1 Å². The normalized spacial score (nSPS) is 23.3. The van der Waals surface area contributed by atoms with Crippen LogP contribution in [0.2, 0.25) is 0 Å². The smallest absolute Gasteiger partial charge is 0.315 e. The van der Waals surface area contributed by atoms with Crippen LogP contribution in [0.25, 0.3) is 5.57 Å². The van der Waals surface area contributed by atoms with Crippen LogP contribution in [0.1, 0.15) is 38.2 Å². The van der Waals surface area contributed by atoms with Crippen molar-refractivity contribution in [3.05, 3.63) is 42.0 Å². The fourth-order valence-corrected chi connectivity index (χ4v) is 3.46. The number of likely N-dealkylation sites (N-methyl/N-ethyl adjacent to an activating group) is 1. The predicted molar refractivity (Wildman–Crippen MR) is 88.4 cm³/mol. The standard InChI is InChI=1S/C19H25NO2/c1-2-20-13-12-17(15-8-4-3-5-9-15)18(14-20)19(21)22-16-10-6-7-11-16/h3-5,8-9,12,16,18H,2,6-7,10-11,13-14H2,1H3/t18-/m0/s1. The molecule has 0 bridgehead atoms. The van der Waals surface area contributed by atoms with Gasteiger partial charge >= 0.3 is 5.97 Å². The van der Waals surface area contributed by atoms with Gasteiger partial charge in [0.1, 0.15) is 6.10 Å². The van der Waals surface area contributed by atoms with Crippen LogP contribution in [-0.4, -0.2) is 36.6 Å². The Kier molecular flexibility index (Phi) is 4.94. The fraction of sp³-hybridized carbons (Fsp3) is 0.526. The number of carbonyl (C=O) groups excluding carboxylic acids is 1. The predicted octanol–water partition coefficient (Wildman–Crippen LogP) is 3.51. The molecule has 1 aromatic rings. The number of nitrogens with zero attached hydrogens (tertiary/aromatic N) is 1. The molecular weight excluding hydrogens is 274 g/mol. The molecule has 1 aromatic carbocycles. The Bertz CT molecular complexity index is 532. The number of benzene rings is 1. The summed E-state index contributed by atoms with van der Waals surface area (Å²) in [5.41, 5.74) is 2.28. The third-order valence-corrected chi connectivity index (χ3v) is 4.81. The monoisotopic (exact) mass is 299 g/mol. The van der Waals surface area contributed by atoms with Crippen molar-refractivity contribution in [1.29, 1.82) is 0 Å². The van der Waals surface area contributed by atoms with Crippen molar-refractivity contribution in [2.24, 2.45) is 5.92 Å². The van der Waals surface area contributed by atoms with Gasteiger partial charge in [-0.2, -0.15) is 0 Å². The van der Waals surface area contributed by atoms with Crippen LogP contribution in [0.5, 0.6) is 0 Å². The molecule has 1 saturated carbocycles. The van der Waals surface area contributed by atoms with Gasteiger partial charge in [-0.25, -0.2) is 0 Å². The second-order valence-corrected chi connectivity index (χ2v) is 6.27. The summed E-state index contributed by atoms with van der Waals surface area (Å²) in [5.74, 6) is -0.197. The molecule has 1 aliphatic carbocycles. The maximum atomic E-state index is 12.7. The van der Waals surface area contributed by atoms with Crippen LogP contribution in [0.4, 0.5) is 0 Å². The lowest BCUT2D eigenvalue weighted by molar-refractivity contribution is -0.152. The Morgan fingerprint density at radius 2 is 1.95 bits per heavy atom. The van der Waals surface area contributed by atoms with Crippen LogP contribution in [0, 0.1) is 5.92 Å². The van der Waals surface area contributed by atoms with Crippen LogP contribution in [-0.2, 0) is 9.53 Å². The molecule has 2 aliphatic rings. The molecule has 0 unspecified atom stereocenters. The van der Waals surface area contributed by atoms with E-state index in [0.29, 0.717) is 0 Å². The molecule has 0 spiro atoms. The van der Waals surface area contributed by atoms with Crippen molar-refractivity contribution in [2.45, 2.75) is 38.7 Å². The minimum Gasteiger partial charge on any atom is -0.462 e. The van der Waals surface area contributed by atoms with Gasteiger partial charge in [-0.1, -0.05) is 43.3 Å². The fourth-order valence-electron chi connectivity index (χ4n) is 3.46. The van der Waals surface area contributed by atoms with Crippen LogP contribution < -0.4 is 0 Å². The highest BCUT2D eigenvalue weighted by Gasteiger charge is 2.32. The van der Waals surface area contributed by atoms with E-state index in [4.69, 9.17) is 4.74 Å². The second-order valence-electron chi connectivity index (χ2n) is 6.27. The molecule has 1 atom stereocenters. The van der Waals surface area contributed by atoms with E-state index in [0.717, 1.165) is 43.6 Å². The zero-order valence-electron chi connectivity index (χ0n) is 13.3. The van der Waals surface area contributed by atoms with Crippen molar-refractivity contribution in [3.63, 3.8) is 0 Å². The highest BCUT2D eigenvalue weighted by atomic mass is 16.5. The molecule has 0 radical (unpaired) electrons. The Hall–Kier alpha value is -1.61. The lowest BCUT2D eigenvalue weighted by Gasteiger charge is -2.31. The SMILES string of the molecule is CCN1CC=C(c2ccccc2)[C@@H](C(=O)OC2CCCC2)C1. The molecule has 0 saturated heterocycles. The van der Waals surface area contributed by atoms with E-state index >= 15 is 0 Å². The van der Waals surface area contributed by atoms with E-state index in [1.54, 1.807) is 0 Å². The number of hydrogen-bond acceptors (Lipinski definition) is 3. The molecule has 0 N–H and O–H groups in total. The van der Waals surface area contributed by atoms with Crippen LogP contribution >= 0.6 is 0 Å². The number of carbonyl (C=O) groups is 1. The molecule has 3 rings (SSSR count). The third-order valence-electron chi connectivity index (χ3n) is 4.81. The van der Waals surface area contributed by atoms with E-state index < -0.39 is 0 Å². The summed E-state index contributed by atoms with van der Waals surface area (Å²) in [5, 5.41) is 0. The van der Waals surface area contributed by atoms with Gasteiger partial charge in [0.2, 0.25) is 0 Å². The van der Waals surface area contributed by atoms with Gasteiger partial charge in [-0.3, -0.25) is 9.69 Å². The van der Waals surface area contributed by atoms with Crippen LogP contribution in [0.15, 0.2) is 36.4 Å². The highest BCUT2D eigenvalue weighted by Crippen LogP contribution is 2.30. The Balaban J connectivity index is 1.79. The van der Waals surface area contributed by atoms with Gasteiger partial charge in [0.15, 0.2) is 0 Å². The quantitative estimate of drug-likeness (QED) is 0.797. The van der Waals surface area contributed by atoms with Crippen molar-refractivity contribution < 1.29 is 9.53 Å². The molecular formula is C19H25NO2. The van der Waals surface area contributed by atoms with Crippen molar-refractivity contribution in [1.82, 2.24) is 4.90 Å². The van der Waals surface area contributed by atoms with E-state index in [1.165, 1.54) is 12.8 Å². The Morgan fingerprint density at radius 3 is 2.64 bits per heavy atom. The molecule has 0 amide bonds. The van der Waals surface area contributed by atoms with Crippen LogP contribution in [0.3, 0.4) is 0 Å². The molecule has 118 valence electrons. The molecule has 1 heterocycles. The third kappa shape index (κ3) is 3.41. The minimum absolute atomic E-state index is 0.0415. The number of esters is 1. The Labute approximate surface area is 133 Å². The molecule has 22 heavy (non-hydrogen) atoms. The summed E-state index contributed by atoms with van der Waals surface area (Å²) in [4.78, 5) is 15.0. The first-order valence-corrected chi connectivity index (χ1v) is 8.46. The maximum absolute atomic E-state index is 12.7. The second kappa shape index (κ2) is 7.10. The first-order valence-electron chi connectivity index (χ1n) is 8.46. The molecule has 1 aliphatic heterocycles. The Morgan fingerprint density at radius 1 is 1.23 bits per heavy atom. The highest BCUT2D eigenvalue weighted by molar-refractivity contribution is 5.89. The van der Waals surface area contributed by atoms with Gasteiger partial charge in [0.25, 0.3) is 0 Å². The average Bonchev–Trinajstić information content (AvgIpc) is 3.08. The van der Waals surface area contributed by atoms with Crippen molar-refractivity contribution >= 4 is 11.5 Å². The van der Waals surface area contributed by atoms with Gasteiger partial charge in [-0.15, -0.1) is 0 Å². The molecule has 3 nitrogen and oxygen atoms in total. The van der Waals surface area contributed by atoms with E-state index in [1.807, 2.05) is 18.2 Å². The number of rotatable bonds is 4. The average molecular weight is 299 g/mol. The summed E-state index contributed by atoms with van der Waals surface area (Å²) in [6.45, 7) is 4.78. The zero-order chi connectivity index (χ0) is 15.4. The van der Waals surface area contributed by atoms with Crippen molar-refractivity contribution in [2.75, 3.05) is 19.6 Å². The number of hydrogen-bond donors (Lipinski definition) is 0. The van der Waals surface area contributed by atoms with Crippen molar-refractivity contribution in [3.8, 4) is 0 Å². The minimum atomic E-state index is -0.156. The lowest BCUT2D eigenvalue weighted by atomic mass is 9.89. The summed E-state index contributed by atoms with van der Waals surface area (Å²) in [6.07, 6.45) is 6.77. The first kappa shape index (κ1) is 15.3. The van der Waals surface area contributed by atoms with Gasteiger partial charge in [-0.05, 0) is 43.4 Å². The summed E-state index contributed by atoms with van der Waals surface area (Å²) in [7, 11) is 0.